The summed E-state index contributed by atoms with van der Waals surface area (Å²) in [5.41, 5.74) is 0.916. The number of rotatable bonds is 4. The van der Waals surface area contributed by atoms with E-state index in [1.54, 1.807) is 12.1 Å². The van der Waals surface area contributed by atoms with E-state index in [1.165, 1.54) is 25.8 Å². The fraction of sp³-hybridized carbons (Fsp3) is 0.500. The number of hydrogen-bond acceptors (Lipinski definition) is 2. The summed E-state index contributed by atoms with van der Waals surface area (Å²) < 4.78 is 13.9. The molecular formula is C14H18FNO. The van der Waals surface area contributed by atoms with E-state index in [1.807, 2.05) is 11.9 Å². The van der Waals surface area contributed by atoms with Crippen LogP contribution in [-0.4, -0.2) is 18.9 Å². The Morgan fingerprint density at radius 1 is 1.47 bits per heavy atom. The summed E-state index contributed by atoms with van der Waals surface area (Å²) in [6.45, 7) is 3.57. The Bertz CT molecular complexity index is 440. The molecule has 0 aromatic heterocycles. The number of Topliss-reactive ketones (excluding diaryl/α,β-unsaturated/α-hetero) is 1. The van der Waals surface area contributed by atoms with Crippen molar-refractivity contribution in [3.05, 3.63) is 29.6 Å². The van der Waals surface area contributed by atoms with E-state index < -0.39 is 0 Å². The van der Waals surface area contributed by atoms with Gasteiger partial charge in [0, 0.05) is 18.7 Å². The first-order chi connectivity index (χ1) is 8.02. The number of nitrogens with zero attached hydrogens (tertiary/aromatic N) is 1. The maximum absolute atomic E-state index is 13.9. The Morgan fingerprint density at radius 3 is 2.65 bits per heavy atom. The van der Waals surface area contributed by atoms with Gasteiger partial charge in [0.15, 0.2) is 5.78 Å². The molecule has 0 bridgehead atoms. The van der Waals surface area contributed by atoms with Gasteiger partial charge in [-0.3, -0.25) is 4.79 Å². The van der Waals surface area contributed by atoms with Crippen molar-refractivity contribution in [2.24, 2.45) is 5.92 Å². The highest BCUT2D eigenvalue weighted by molar-refractivity contribution is 5.99. The lowest BCUT2D eigenvalue weighted by molar-refractivity contribution is 0.101. The molecule has 1 aromatic carbocycles. The maximum atomic E-state index is 13.9. The molecular weight excluding hydrogens is 217 g/mol. The Balaban J connectivity index is 2.38. The first-order valence-electron chi connectivity index (χ1n) is 6.04. The van der Waals surface area contributed by atoms with Crippen LogP contribution in [0.5, 0.6) is 0 Å². The molecule has 1 aliphatic rings. The molecule has 1 unspecified atom stereocenters. The molecule has 0 radical (unpaired) electrons. The van der Waals surface area contributed by atoms with E-state index in [0.717, 1.165) is 0 Å². The summed E-state index contributed by atoms with van der Waals surface area (Å²) in [4.78, 5) is 13.4. The molecule has 0 amide bonds. The quantitative estimate of drug-likeness (QED) is 0.746. The molecule has 1 atom stereocenters. The van der Waals surface area contributed by atoms with Crippen LogP contribution in [0.2, 0.25) is 0 Å². The van der Waals surface area contributed by atoms with Gasteiger partial charge in [-0.15, -0.1) is 0 Å². The minimum atomic E-state index is -0.312. The van der Waals surface area contributed by atoms with E-state index in [9.17, 15) is 9.18 Å². The van der Waals surface area contributed by atoms with E-state index in [-0.39, 0.29) is 17.6 Å². The first kappa shape index (κ1) is 12.1. The summed E-state index contributed by atoms with van der Waals surface area (Å²) in [6.07, 6.45) is 2.41. The second-order valence-electron chi connectivity index (χ2n) is 4.88. The zero-order valence-electron chi connectivity index (χ0n) is 10.5. The highest BCUT2D eigenvalue weighted by Crippen LogP contribution is 2.37. The zero-order valence-corrected chi connectivity index (χ0v) is 10.5. The van der Waals surface area contributed by atoms with E-state index in [0.29, 0.717) is 17.2 Å². The number of para-hydroxylation sites is 1. The highest BCUT2D eigenvalue weighted by atomic mass is 19.1. The van der Waals surface area contributed by atoms with Crippen molar-refractivity contribution in [1.29, 1.82) is 0 Å². The fourth-order valence-corrected chi connectivity index (χ4v) is 2.26. The van der Waals surface area contributed by atoms with Gasteiger partial charge in [0.1, 0.15) is 5.82 Å². The van der Waals surface area contributed by atoms with Crippen molar-refractivity contribution >= 4 is 11.5 Å². The van der Waals surface area contributed by atoms with Crippen LogP contribution in [0.4, 0.5) is 10.1 Å². The van der Waals surface area contributed by atoms with Crippen LogP contribution in [0.1, 0.15) is 37.0 Å². The van der Waals surface area contributed by atoms with Crippen LogP contribution in [-0.2, 0) is 0 Å². The first-order valence-corrected chi connectivity index (χ1v) is 6.04. The smallest absolute Gasteiger partial charge is 0.161 e. The van der Waals surface area contributed by atoms with Crippen LogP contribution in [0, 0.1) is 11.7 Å². The number of halogens is 1. The van der Waals surface area contributed by atoms with Gasteiger partial charge in [0.25, 0.3) is 0 Å². The van der Waals surface area contributed by atoms with Gasteiger partial charge in [-0.2, -0.15) is 0 Å². The molecule has 0 heterocycles. The average molecular weight is 235 g/mol. The molecule has 17 heavy (non-hydrogen) atoms. The minimum Gasteiger partial charge on any atom is -0.369 e. The number of ketones is 1. The summed E-state index contributed by atoms with van der Waals surface area (Å²) in [5, 5.41) is 0. The topological polar surface area (TPSA) is 20.3 Å². The Labute approximate surface area is 101 Å². The summed E-state index contributed by atoms with van der Waals surface area (Å²) >= 11 is 0. The SMILES string of the molecule is CC(=O)c1cccc(F)c1N(C)C(C)C1CC1. The summed E-state index contributed by atoms with van der Waals surface area (Å²) in [5.74, 6) is 0.237. The van der Waals surface area contributed by atoms with Crippen LogP contribution in [0.15, 0.2) is 18.2 Å². The molecule has 3 heteroatoms. The molecule has 1 aromatic rings. The molecule has 0 saturated heterocycles. The van der Waals surface area contributed by atoms with Gasteiger partial charge in [0.2, 0.25) is 0 Å². The fourth-order valence-electron chi connectivity index (χ4n) is 2.26. The second kappa shape index (κ2) is 4.47. The molecule has 0 N–H and O–H groups in total. The van der Waals surface area contributed by atoms with E-state index >= 15 is 0 Å². The molecule has 0 spiro atoms. The Hall–Kier alpha value is -1.38. The molecule has 1 fully saturated rings. The number of carbonyl (C=O) groups is 1. The van der Waals surface area contributed by atoms with Crippen molar-refractivity contribution in [2.75, 3.05) is 11.9 Å². The van der Waals surface area contributed by atoms with Gasteiger partial charge in [0.05, 0.1) is 5.69 Å². The van der Waals surface area contributed by atoms with Gasteiger partial charge in [-0.05, 0) is 44.7 Å². The third-order valence-corrected chi connectivity index (χ3v) is 3.63. The molecule has 2 rings (SSSR count). The predicted molar refractivity (Wildman–Crippen MR) is 67.0 cm³/mol. The summed E-state index contributed by atoms with van der Waals surface area (Å²) in [7, 11) is 1.87. The van der Waals surface area contributed by atoms with Crippen LogP contribution in [0.25, 0.3) is 0 Å². The lowest BCUT2D eigenvalue weighted by atomic mass is 10.1. The number of anilines is 1. The van der Waals surface area contributed by atoms with Crippen LogP contribution in [0.3, 0.4) is 0 Å². The highest BCUT2D eigenvalue weighted by Gasteiger charge is 2.32. The third kappa shape index (κ3) is 2.33. The van der Waals surface area contributed by atoms with Gasteiger partial charge in [-0.25, -0.2) is 4.39 Å². The van der Waals surface area contributed by atoms with Gasteiger partial charge in [-0.1, -0.05) is 6.07 Å². The average Bonchev–Trinajstić information content (AvgIpc) is 3.10. The monoisotopic (exact) mass is 235 g/mol. The van der Waals surface area contributed by atoms with Gasteiger partial charge >= 0.3 is 0 Å². The molecule has 92 valence electrons. The molecule has 0 aliphatic heterocycles. The normalized spacial score (nSPS) is 16.7. The molecule has 1 aliphatic carbocycles. The maximum Gasteiger partial charge on any atom is 0.161 e. The van der Waals surface area contributed by atoms with Crippen LogP contribution >= 0.6 is 0 Å². The Kier molecular flexibility index (Phi) is 3.18. The number of carbonyl (C=O) groups excluding carboxylic acids is 1. The van der Waals surface area contributed by atoms with Crippen molar-refractivity contribution in [3.8, 4) is 0 Å². The minimum absolute atomic E-state index is 0.0886. The van der Waals surface area contributed by atoms with Crippen molar-refractivity contribution in [2.45, 2.75) is 32.7 Å². The van der Waals surface area contributed by atoms with Crippen molar-refractivity contribution in [3.63, 3.8) is 0 Å². The molecule has 2 nitrogen and oxygen atoms in total. The number of benzene rings is 1. The third-order valence-electron chi connectivity index (χ3n) is 3.63. The van der Waals surface area contributed by atoms with E-state index in [2.05, 4.69) is 6.92 Å². The standard InChI is InChI=1S/C14H18FNO/c1-9(11-7-8-11)16(3)14-12(10(2)17)5-4-6-13(14)15/h4-6,9,11H,7-8H2,1-3H3. The summed E-state index contributed by atoms with van der Waals surface area (Å²) in [6, 6.07) is 4.98. The lowest BCUT2D eigenvalue weighted by Crippen LogP contribution is -2.32. The van der Waals surface area contributed by atoms with Crippen LogP contribution < -0.4 is 4.90 Å². The zero-order chi connectivity index (χ0) is 12.6. The number of hydrogen-bond donors (Lipinski definition) is 0. The lowest BCUT2D eigenvalue weighted by Gasteiger charge is -2.29. The van der Waals surface area contributed by atoms with Crippen molar-refractivity contribution < 1.29 is 9.18 Å². The van der Waals surface area contributed by atoms with E-state index in [4.69, 9.17) is 0 Å². The Morgan fingerprint density at radius 2 is 2.12 bits per heavy atom. The van der Waals surface area contributed by atoms with Crippen molar-refractivity contribution in [1.82, 2.24) is 0 Å². The molecule has 1 saturated carbocycles. The second-order valence-corrected chi connectivity index (χ2v) is 4.88. The largest absolute Gasteiger partial charge is 0.369 e. The predicted octanol–water partition coefficient (Wildman–Crippen LogP) is 3.26. The van der Waals surface area contributed by atoms with Gasteiger partial charge < -0.3 is 4.90 Å².